The van der Waals surface area contributed by atoms with Gasteiger partial charge in [0.1, 0.15) is 17.2 Å². The molecule has 0 aromatic heterocycles. The first-order chi connectivity index (χ1) is 20.9. The van der Waals surface area contributed by atoms with E-state index >= 15 is 4.79 Å². The molecule has 0 saturated carbocycles. The lowest BCUT2D eigenvalue weighted by atomic mass is 9.62. The van der Waals surface area contributed by atoms with E-state index in [1.807, 2.05) is 72.6 Å². The SMILES string of the molecule is CCOc1ccccc1C(=O)[C@H]1[C@H](C(=O)c2ccc(Cl)cc2Cl)N2C=Cc3ccccc3[C@@H]2[C@]12C(=O)Nc1ccccc12. The van der Waals surface area contributed by atoms with Gasteiger partial charge in [-0.05, 0) is 66.1 Å². The number of benzene rings is 4. The predicted octanol–water partition coefficient (Wildman–Crippen LogP) is 7.37. The van der Waals surface area contributed by atoms with Gasteiger partial charge in [-0.3, -0.25) is 14.4 Å². The van der Waals surface area contributed by atoms with E-state index in [-0.39, 0.29) is 28.1 Å². The molecule has 1 amide bonds. The van der Waals surface area contributed by atoms with Crippen LogP contribution in [0.15, 0.2) is 97.2 Å². The van der Waals surface area contributed by atoms with Crippen molar-refractivity contribution in [3.8, 4) is 5.75 Å². The maximum Gasteiger partial charge on any atom is 0.238 e. The number of halogens is 2. The predicted molar refractivity (Wildman–Crippen MR) is 167 cm³/mol. The number of carbonyl (C=O) groups is 3. The van der Waals surface area contributed by atoms with Crippen LogP contribution in [0, 0.1) is 5.92 Å². The van der Waals surface area contributed by atoms with E-state index < -0.39 is 23.4 Å². The van der Waals surface area contributed by atoms with Gasteiger partial charge in [0.05, 0.1) is 29.2 Å². The zero-order valence-corrected chi connectivity index (χ0v) is 24.6. The second-order valence-electron chi connectivity index (χ2n) is 10.9. The maximum atomic E-state index is 15.1. The van der Waals surface area contributed by atoms with Gasteiger partial charge in [0.2, 0.25) is 5.91 Å². The average molecular weight is 610 g/mol. The van der Waals surface area contributed by atoms with E-state index in [1.54, 1.807) is 36.4 Å². The summed E-state index contributed by atoms with van der Waals surface area (Å²) in [5, 5.41) is 3.62. The fourth-order valence-electron chi connectivity index (χ4n) is 7.14. The second kappa shape index (κ2) is 10.4. The molecular weight excluding hydrogens is 583 g/mol. The molecule has 0 bridgehead atoms. The molecular formula is C35H26Cl2N2O4. The molecule has 43 heavy (non-hydrogen) atoms. The van der Waals surface area contributed by atoms with Crippen LogP contribution in [0.5, 0.6) is 5.75 Å². The van der Waals surface area contributed by atoms with Crippen LogP contribution in [0.2, 0.25) is 10.0 Å². The Morgan fingerprint density at radius 2 is 1.65 bits per heavy atom. The molecule has 3 aliphatic heterocycles. The number of Topliss-reactive ketones (excluding diaryl/α,β-unsaturated/α-hetero) is 2. The van der Waals surface area contributed by atoms with Crippen LogP contribution in [0.1, 0.15) is 50.4 Å². The average Bonchev–Trinajstić information content (AvgIpc) is 3.49. The van der Waals surface area contributed by atoms with Crippen LogP contribution in [0.25, 0.3) is 6.08 Å². The highest BCUT2D eigenvalue weighted by Gasteiger charge is 2.71. The molecule has 4 aromatic carbocycles. The highest BCUT2D eigenvalue weighted by Crippen LogP contribution is 2.62. The largest absolute Gasteiger partial charge is 0.493 e. The van der Waals surface area contributed by atoms with Crippen LogP contribution < -0.4 is 10.1 Å². The number of rotatable bonds is 6. The number of hydrogen-bond acceptors (Lipinski definition) is 5. The number of carbonyl (C=O) groups excluding carboxylic acids is 3. The van der Waals surface area contributed by atoms with E-state index in [4.69, 9.17) is 27.9 Å². The number of nitrogens with zero attached hydrogens (tertiary/aromatic N) is 1. The number of ether oxygens (including phenoxy) is 1. The summed E-state index contributed by atoms with van der Waals surface area (Å²) in [5.41, 5.74) is 2.14. The Morgan fingerprint density at radius 3 is 2.47 bits per heavy atom. The first-order valence-corrected chi connectivity index (χ1v) is 14.8. The zero-order valence-electron chi connectivity index (χ0n) is 23.1. The smallest absolute Gasteiger partial charge is 0.238 e. The summed E-state index contributed by atoms with van der Waals surface area (Å²) in [6.07, 6.45) is 3.75. The lowest BCUT2D eigenvalue weighted by molar-refractivity contribution is -0.122. The van der Waals surface area contributed by atoms with Crippen molar-refractivity contribution in [2.75, 3.05) is 11.9 Å². The van der Waals surface area contributed by atoms with Gasteiger partial charge in [-0.2, -0.15) is 0 Å². The van der Waals surface area contributed by atoms with Crippen molar-refractivity contribution >= 4 is 52.4 Å². The van der Waals surface area contributed by atoms with Crippen molar-refractivity contribution in [3.63, 3.8) is 0 Å². The Morgan fingerprint density at radius 1 is 0.907 bits per heavy atom. The highest BCUT2D eigenvalue weighted by molar-refractivity contribution is 6.37. The summed E-state index contributed by atoms with van der Waals surface area (Å²) < 4.78 is 5.88. The summed E-state index contributed by atoms with van der Waals surface area (Å²) in [6.45, 7) is 2.19. The minimum absolute atomic E-state index is 0.175. The van der Waals surface area contributed by atoms with E-state index in [1.165, 1.54) is 6.07 Å². The molecule has 0 radical (unpaired) electrons. The molecule has 1 spiro atoms. The van der Waals surface area contributed by atoms with E-state index in [9.17, 15) is 9.59 Å². The van der Waals surface area contributed by atoms with Gasteiger partial charge in [0.25, 0.3) is 0 Å². The van der Waals surface area contributed by atoms with Crippen molar-refractivity contribution in [1.29, 1.82) is 0 Å². The summed E-state index contributed by atoms with van der Waals surface area (Å²) in [4.78, 5) is 46.3. The van der Waals surface area contributed by atoms with Gasteiger partial charge in [0, 0.05) is 22.5 Å². The summed E-state index contributed by atoms with van der Waals surface area (Å²) in [7, 11) is 0. The quantitative estimate of drug-likeness (QED) is 0.231. The number of ketones is 2. The Bertz CT molecular complexity index is 1850. The minimum atomic E-state index is -1.45. The monoisotopic (exact) mass is 608 g/mol. The molecule has 7 rings (SSSR count). The van der Waals surface area contributed by atoms with Gasteiger partial charge >= 0.3 is 0 Å². The molecule has 3 aliphatic rings. The molecule has 6 nitrogen and oxygen atoms in total. The minimum Gasteiger partial charge on any atom is -0.493 e. The summed E-state index contributed by atoms with van der Waals surface area (Å²) in [5.74, 6) is -1.82. The summed E-state index contributed by atoms with van der Waals surface area (Å²) in [6, 6.07) is 25.1. The van der Waals surface area contributed by atoms with Crippen LogP contribution in [0.4, 0.5) is 5.69 Å². The van der Waals surface area contributed by atoms with Crippen molar-refractivity contribution < 1.29 is 19.1 Å². The van der Waals surface area contributed by atoms with E-state index in [0.717, 1.165) is 11.1 Å². The lowest BCUT2D eigenvalue weighted by Gasteiger charge is -2.38. The number of anilines is 1. The van der Waals surface area contributed by atoms with Crippen molar-refractivity contribution in [2.45, 2.75) is 24.4 Å². The third-order valence-corrected chi connectivity index (χ3v) is 9.32. The van der Waals surface area contributed by atoms with E-state index in [0.29, 0.717) is 34.2 Å². The summed E-state index contributed by atoms with van der Waals surface area (Å²) >= 11 is 12.8. The van der Waals surface area contributed by atoms with Crippen LogP contribution in [0.3, 0.4) is 0 Å². The maximum absolute atomic E-state index is 15.1. The second-order valence-corrected chi connectivity index (χ2v) is 11.7. The Kier molecular flexibility index (Phi) is 6.64. The van der Waals surface area contributed by atoms with E-state index in [2.05, 4.69) is 5.32 Å². The molecule has 3 heterocycles. The zero-order chi connectivity index (χ0) is 29.9. The normalized spacial score (nSPS) is 23.0. The third kappa shape index (κ3) is 3.97. The molecule has 1 saturated heterocycles. The molecule has 214 valence electrons. The first-order valence-electron chi connectivity index (χ1n) is 14.1. The molecule has 1 fully saturated rings. The molecule has 8 heteroatoms. The Labute approximate surface area is 258 Å². The molecule has 4 aromatic rings. The lowest BCUT2D eigenvalue weighted by Crippen LogP contribution is -2.49. The molecule has 4 atom stereocenters. The molecule has 1 N–H and O–H groups in total. The number of para-hydroxylation sites is 2. The third-order valence-electron chi connectivity index (χ3n) is 8.77. The number of hydrogen-bond donors (Lipinski definition) is 1. The first kappa shape index (κ1) is 27.4. The van der Waals surface area contributed by atoms with Crippen molar-refractivity contribution in [1.82, 2.24) is 4.90 Å². The Balaban J connectivity index is 1.55. The fourth-order valence-corrected chi connectivity index (χ4v) is 7.64. The van der Waals surface area contributed by atoms with Crippen molar-refractivity contribution in [3.05, 3.63) is 135 Å². The molecule has 0 unspecified atom stereocenters. The van der Waals surface area contributed by atoms with Gasteiger partial charge in [0.15, 0.2) is 11.6 Å². The number of nitrogens with one attached hydrogen (secondary N) is 1. The van der Waals surface area contributed by atoms with Gasteiger partial charge in [-0.25, -0.2) is 0 Å². The topological polar surface area (TPSA) is 75.7 Å². The van der Waals surface area contributed by atoms with Crippen molar-refractivity contribution in [2.24, 2.45) is 5.92 Å². The van der Waals surface area contributed by atoms with Crippen LogP contribution in [-0.2, 0) is 10.2 Å². The number of fused-ring (bicyclic) bond motifs is 6. The van der Waals surface area contributed by atoms with Crippen LogP contribution >= 0.6 is 23.2 Å². The fraction of sp³-hybridized carbons (Fsp3) is 0.171. The van der Waals surface area contributed by atoms with Crippen LogP contribution in [-0.4, -0.2) is 35.0 Å². The molecule has 0 aliphatic carbocycles. The Hall–Kier alpha value is -4.39. The number of amides is 1. The van der Waals surface area contributed by atoms with Gasteiger partial charge in [-0.15, -0.1) is 0 Å². The standard InChI is InChI=1S/C35H26Cl2N2O4/c1-2-43-28-14-8-5-11-24(28)31(40)29-30(32(41)23-16-15-21(36)19-26(23)37)39-18-17-20-9-3-4-10-22(20)33(39)35(29)25-12-6-7-13-27(25)38-34(35)42/h3-19,29-30,33H,2H2,1H3,(H,38,42)/t29-,30-,33-,35-/m1/s1. The highest BCUT2D eigenvalue weighted by atomic mass is 35.5. The van der Waals surface area contributed by atoms with Gasteiger partial charge in [-0.1, -0.05) is 77.8 Å². The van der Waals surface area contributed by atoms with Gasteiger partial charge < -0.3 is 15.0 Å².